The third kappa shape index (κ3) is 18.0. The van der Waals surface area contributed by atoms with E-state index in [0.29, 0.717) is 0 Å². The van der Waals surface area contributed by atoms with E-state index in [9.17, 15) is 9.59 Å². The second-order valence-electron chi connectivity index (χ2n) is 7.92. The summed E-state index contributed by atoms with van der Waals surface area (Å²) < 4.78 is 0. The first kappa shape index (κ1) is 25.9. The highest BCUT2D eigenvalue weighted by Crippen LogP contribution is 2.13. The molecule has 0 fully saturated rings. The molecule has 0 bridgehead atoms. The van der Waals surface area contributed by atoms with Gasteiger partial charge in [-0.3, -0.25) is 9.59 Å². The summed E-state index contributed by atoms with van der Waals surface area (Å²) in [7, 11) is 0. The predicted octanol–water partition coefficient (Wildman–Crippen LogP) is 5.76. The first-order valence-electron chi connectivity index (χ1n) is 11.2. The summed E-state index contributed by atoms with van der Waals surface area (Å²) in [4.78, 5) is 21.8. The number of carbonyl (C=O) groups is 2. The van der Waals surface area contributed by atoms with Gasteiger partial charge in [0.25, 0.3) is 0 Å². The zero-order valence-corrected chi connectivity index (χ0v) is 17.7. The zero-order valence-electron chi connectivity index (χ0n) is 17.7. The summed E-state index contributed by atoms with van der Waals surface area (Å²) in [5.41, 5.74) is 0. The van der Waals surface area contributed by atoms with Crippen molar-refractivity contribution in [2.75, 3.05) is 0 Å². The molecule has 0 aromatic carbocycles. The summed E-state index contributed by atoms with van der Waals surface area (Å²) in [5, 5.41) is 20.9. The van der Waals surface area contributed by atoms with Crippen molar-refractivity contribution in [2.24, 2.45) is 0 Å². The lowest BCUT2D eigenvalue weighted by molar-refractivity contribution is -0.141. The van der Waals surface area contributed by atoms with Gasteiger partial charge in [0.15, 0.2) is 0 Å². The number of hydrogen-bond acceptors (Lipinski definition) is 3. The monoisotopic (exact) mass is 385 g/mol. The van der Waals surface area contributed by atoms with Crippen molar-refractivity contribution >= 4 is 11.9 Å². The van der Waals surface area contributed by atoms with Crippen LogP contribution in [-0.4, -0.2) is 34.2 Å². The molecule has 27 heavy (non-hydrogen) atoms. The van der Waals surface area contributed by atoms with E-state index in [1.165, 1.54) is 77.0 Å². The lowest BCUT2D eigenvalue weighted by atomic mass is 10.0. The van der Waals surface area contributed by atoms with Crippen molar-refractivity contribution in [1.82, 2.24) is 5.32 Å². The van der Waals surface area contributed by atoms with Crippen LogP contribution in [-0.2, 0) is 9.59 Å². The van der Waals surface area contributed by atoms with Gasteiger partial charge in [0, 0.05) is 12.5 Å². The largest absolute Gasteiger partial charge is 0.481 e. The highest BCUT2D eigenvalue weighted by atomic mass is 16.4. The minimum atomic E-state index is -0.964. The van der Waals surface area contributed by atoms with Gasteiger partial charge in [-0.05, 0) is 19.8 Å². The van der Waals surface area contributed by atoms with E-state index in [1.54, 1.807) is 0 Å². The smallest absolute Gasteiger partial charge is 0.320 e. The molecule has 0 spiro atoms. The zero-order chi connectivity index (χ0) is 20.3. The Morgan fingerprint density at radius 1 is 0.741 bits per heavy atom. The van der Waals surface area contributed by atoms with Gasteiger partial charge in [-0.2, -0.15) is 0 Å². The van der Waals surface area contributed by atoms with Gasteiger partial charge in [0.05, 0.1) is 0 Å². The number of rotatable bonds is 20. The van der Waals surface area contributed by atoms with Gasteiger partial charge in [0.2, 0.25) is 0 Å². The van der Waals surface area contributed by atoms with Crippen molar-refractivity contribution in [3.8, 4) is 0 Å². The van der Waals surface area contributed by atoms with Gasteiger partial charge < -0.3 is 15.5 Å². The van der Waals surface area contributed by atoms with E-state index in [-0.39, 0.29) is 18.9 Å². The molecule has 0 rings (SSSR count). The van der Waals surface area contributed by atoms with Crippen LogP contribution < -0.4 is 5.32 Å². The fourth-order valence-electron chi connectivity index (χ4n) is 3.44. The Morgan fingerprint density at radius 2 is 1.19 bits per heavy atom. The molecule has 0 heterocycles. The number of unbranched alkanes of at least 4 members (excludes halogenated alkanes) is 12. The van der Waals surface area contributed by atoms with Crippen molar-refractivity contribution in [2.45, 2.75) is 129 Å². The predicted molar refractivity (Wildman–Crippen MR) is 111 cm³/mol. The number of nitrogens with one attached hydrogen (secondary N) is 1. The van der Waals surface area contributed by atoms with Gasteiger partial charge in [-0.1, -0.05) is 90.4 Å². The first-order chi connectivity index (χ1) is 13.0. The number of carboxylic acid groups (broad SMARTS) is 2. The molecular formula is C22H43NO4. The molecule has 160 valence electrons. The fourth-order valence-corrected chi connectivity index (χ4v) is 3.44. The van der Waals surface area contributed by atoms with E-state index < -0.39 is 18.0 Å². The molecule has 0 aliphatic heterocycles. The van der Waals surface area contributed by atoms with Gasteiger partial charge in [-0.15, -0.1) is 0 Å². The summed E-state index contributed by atoms with van der Waals surface area (Å²) in [5.74, 6) is -1.92. The summed E-state index contributed by atoms with van der Waals surface area (Å²) in [6.07, 6.45) is 18.1. The second kappa shape index (κ2) is 18.3. The standard InChI is InChI=1S/C22H43NO4/c1-3-4-5-6-7-8-9-10-11-12-13-14-15-16-19(2)23-20(22(26)27)17-18-21(24)25/h19-20,23H,3-18H2,1-2H3,(H,24,25)(H,26,27). The average molecular weight is 386 g/mol. The molecular weight excluding hydrogens is 342 g/mol. The lowest BCUT2D eigenvalue weighted by Crippen LogP contribution is -2.42. The topological polar surface area (TPSA) is 86.6 Å². The van der Waals surface area contributed by atoms with Crippen LogP contribution in [0.2, 0.25) is 0 Å². The molecule has 5 nitrogen and oxygen atoms in total. The van der Waals surface area contributed by atoms with Crippen molar-refractivity contribution in [3.05, 3.63) is 0 Å². The third-order valence-electron chi connectivity index (χ3n) is 5.17. The lowest BCUT2D eigenvalue weighted by Gasteiger charge is -2.19. The fraction of sp³-hybridized carbons (Fsp3) is 0.909. The molecule has 5 heteroatoms. The van der Waals surface area contributed by atoms with Crippen LogP contribution in [0.3, 0.4) is 0 Å². The number of aliphatic carboxylic acids is 2. The Balaban J connectivity index is 3.50. The quantitative estimate of drug-likeness (QED) is 0.232. The summed E-state index contributed by atoms with van der Waals surface area (Å²) >= 11 is 0. The first-order valence-corrected chi connectivity index (χ1v) is 11.2. The molecule has 0 aliphatic carbocycles. The Hall–Kier alpha value is -1.10. The van der Waals surface area contributed by atoms with Gasteiger partial charge in [-0.25, -0.2) is 0 Å². The molecule has 0 radical (unpaired) electrons. The number of carboxylic acids is 2. The van der Waals surface area contributed by atoms with E-state index in [1.807, 2.05) is 6.92 Å². The summed E-state index contributed by atoms with van der Waals surface area (Å²) in [6, 6.07) is -0.661. The average Bonchev–Trinajstić information content (AvgIpc) is 2.62. The minimum absolute atomic E-state index is 0.104. The Kier molecular flexibility index (Phi) is 17.5. The molecule has 0 aliphatic rings. The molecule has 2 unspecified atom stereocenters. The molecule has 0 amide bonds. The van der Waals surface area contributed by atoms with Crippen LogP contribution in [0.5, 0.6) is 0 Å². The van der Waals surface area contributed by atoms with Crippen LogP contribution in [0.15, 0.2) is 0 Å². The highest BCUT2D eigenvalue weighted by Gasteiger charge is 2.20. The van der Waals surface area contributed by atoms with E-state index >= 15 is 0 Å². The van der Waals surface area contributed by atoms with Crippen LogP contribution in [0.1, 0.15) is 117 Å². The molecule has 0 aromatic heterocycles. The van der Waals surface area contributed by atoms with Gasteiger partial charge >= 0.3 is 11.9 Å². The molecule has 0 saturated carbocycles. The van der Waals surface area contributed by atoms with Gasteiger partial charge in [0.1, 0.15) is 6.04 Å². The van der Waals surface area contributed by atoms with Crippen LogP contribution >= 0.6 is 0 Å². The SMILES string of the molecule is CCCCCCCCCCCCCCCC(C)NC(CCC(=O)O)C(=O)O. The maximum absolute atomic E-state index is 11.2. The Labute approximate surface area is 166 Å². The molecule has 3 N–H and O–H groups in total. The molecule has 0 saturated heterocycles. The van der Waals surface area contributed by atoms with E-state index in [4.69, 9.17) is 10.2 Å². The van der Waals surface area contributed by atoms with Crippen molar-refractivity contribution < 1.29 is 19.8 Å². The van der Waals surface area contributed by atoms with Crippen LogP contribution in [0, 0.1) is 0 Å². The van der Waals surface area contributed by atoms with E-state index in [2.05, 4.69) is 12.2 Å². The van der Waals surface area contributed by atoms with Crippen molar-refractivity contribution in [1.29, 1.82) is 0 Å². The maximum Gasteiger partial charge on any atom is 0.320 e. The third-order valence-corrected chi connectivity index (χ3v) is 5.17. The number of hydrogen-bond donors (Lipinski definition) is 3. The Bertz CT molecular complexity index is 373. The van der Waals surface area contributed by atoms with Crippen molar-refractivity contribution in [3.63, 3.8) is 0 Å². The molecule has 0 aromatic rings. The normalized spacial score (nSPS) is 13.4. The minimum Gasteiger partial charge on any atom is -0.481 e. The maximum atomic E-state index is 11.2. The molecule has 2 atom stereocenters. The summed E-state index contributed by atoms with van der Waals surface area (Å²) in [6.45, 7) is 4.24. The van der Waals surface area contributed by atoms with Crippen LogP contribution in [0.25, 0.3) is 0 Å². The Morgan fingerprint density at radius 3 is 1.59 bits per heavy atom. The van der Waals surface area contributed by atoms with Crippen LogP contribution in [0.4, 0.5) is 0 Å². The second-order valence-corrected chi connectivity index (χ2v) is 7.92. The van der Waals surface area contributed by atoms with E-state index in [0.717, 1.165) is 12.8 Å². The highest BCUT2D eigenvalue weighted by molar-refractivity contribution is 5.75.